The Labute approximate surface area is 397 Å². The van der Waals surface area contributed by atoms with Gasteiger partial charge in [0, 0.05) is 108 Å². The lowest BCUT2D eigenvalue weighted by molar-refractivity contribution is -0.195. The van der Waals surface area contributed by atoms with Gasteiger partial charge in [-0.2, -0.15) is 0 Å². The van der Waals surface area contributed by atoms with Gasteiger partial charge < -0.3 is 38.5 Å². The molecule has 0 atom stereocenters. The molecule has 3 aliphatic heterocycles. The lowest BCUT2D eigenvalue weighted by Crippen LogP contribution is -2.30. The first-order valence-electron chi connectivity index (χ1n) is 20.2. The van der Waals surface area contributed by atoms with Crippen molar-refractivity contribution >= 4 is 71.1 Å². The SMILES string of the molecule is CC(=O)O.CC(=O)ON1C(=O)CCC1=O.N=S.O=COc1ccccc1-c1c2ccc(=O)cc-2oc2cc(O)ccc12.O=COc1ccccc1-c1c2ccc(=O)cc-2oc2cc(O)ccc12.[2H]C#C. The fourth-order valence-corrected chi connectivity index (χ4v) is 6.74. The van der Waals surface area contributed by atoms with E-state index >= 15 is 0 Å². The molecule has 2 aliphatic carbocycles. The maximum atomic E-state index is 11.7. The highest BCUT2D eigenvalue weighted by atomic mass is 32.1. The van der Waals surface area contributed by atoms with Gasteiger partial charge >= 0.3 is 5.97 Å². The van der Waals surface area contributed by atoms with Crippen molar-refractivity contribution in [3.8, 4) is 80.7 Å². The first-order valence-corrected chi connectivity index (χ1v) is 20.1. The molecular weight excluding hydrogens is 917 g/mol. The van der Waals surface area contributed by atoms with E-state index in [4.69, 9.17) is 34.4 Å². The number of nitrogens with one attached hydrogen (secondary N) is 1. The molecule has 0 saturated carbocycles. The van der Waals surface area contributed by atoms with Crippen molar-refractivity contribution in [1.82, 2.24) is 5.06 Å². The minimum atomic E-state index is -0.833. The number of hydroxylamine groups is 2. The Morgan fingerprint density at radius 3 is 1.39 bits per heavy atom. The van der Waals surface area contributed by atoms with Crippen LogP contribution < -0.4 is 20.3 Å². The van der Waals surface area contributed by atoms with E-state index < -0.39 is 23.8 Å². The van der Waals surface area contributed by atoms with Crippen molar-refractivity contribution in [1.29, 1.82) is 4.78 Å². The van der Waals surface area contributed by atoms with Gasteiger partial charge in [-0.25, -0.2) is 9.57 Å². The number of carboxylic acids is 1. The summed E-state index contributed by atoms with van der Waals surface area (Å²) in [5, 5.41) is 28.9. The molecule has 4 aromatic carbocycles. The van der Waals surface area contributed by atoms with Crippen LogP contribution in [0.1, 0.15) is 28.1 Å². The van der Waals surface area contributed by atoms with Crippen molar-refractivity contribution in [2.45, 2.75) is 26.7 Å². The quantitative estimate of drug-likeness (QED) is 0.0512. The number of fused-ring (bicyclic) bond motifs is 4. The second-order valence-electron chi connectivity index (χ2n) is 13.7. The minimum Gasteiger partial charge on any atom is -0.508 e. The summed E-state index contributed by atoms with van der Waals surface area (Å²) in [4.78, 5) is 90.3. The molecule has 5 aliphatic rings. The van der Waals surface area contributed by atoms with Gasteiger partial charge in [0.2, 0.25) is 0 Å². The molecule has 19 heteroatoms. The number of carbonyl (C=O) groups is 6. The summed E-state index contributed by atoms with van der Waals surface area (Å²) in [7, 11) is 0. The van der Waals surface area contributed by atoms with E-state index in [-0.39, 0.29) is 35.2 Å². The first-order chi connectivity index (χ1) is 33.6. The van der Waals surface area contributed by atoms with Gasteiger partial charge in [-0.3, -0.25) is 33.6 Å². The Balaban J connectivity index is 0.000000222. The van der Waals surface area contributed by atoms with Crippen LogP contribution in [0.15, 0.2) is 140 Å². The second-order valence-corrected chi connectivity index (χ2v) is 13.7. The van der Waals surface area contributed by atoms with Gasteiger partial charge in [0.1, 0.15) is 47.1 Å². The molecule has 350 valence electrons. The Morgan fingerprint density at radius 2 is 1.03 bits per heavy atom. The third-order valence-electron chi connectivity index (χ3n) is 9.24. The van der Waals surface area contributed by atoms with Crippen LogP contribution in [0, 0.1) is 17.6 Å². The third kappa shape index (κ3) is 13.1. The number of rotatable bonds is 7. The van der Waals surface area contributed by atoms with E-state index in [2.05, 4.69) is 23.7 Å². The van der Waals surface area contributed by atoms with Crippen LogP contribution in [0.2, 0.25) is 0 Å². The van der Waals surface area contributed by atoms with Crippen LogP contribution in [-0.2, 0) is 46.0 Å². The number of aromatic hydroxyl groups is 2. The van der Waals surface area contributed by atoms with Gasteiger partial charge in [0.05, 0.1) is 0 Å². The molecule has 0 aromatic heterocycles. The van der Waals surface area contributed by atoms with Crippen molar-refractivity contribution in [2.75, 3.05) is 0 Å². The molecular formula is C50H38N2O16S. The topological polar surface area (TPSA) is 278 Å². The third-order valence-corrected chi connectivity index (χ3v) is 9.24. The summed E-state index contributed by atoms with van der Waals surface area (Å²) in [6.45, 7) is 2.97. The number of imide groups is 1. The van der Waals surface area contributed by atoms with Gasteiger partial charge in [0.25, 0.3) is 30.7 Å². The summed E-state index contributed by atoms with van der Waals surface area (Å²) in [6, 6.07) is 32.8. The van der Waals surface area contributed by atoms with Gasteiger partial charge in [0.15, 0.2) is 10.9 Å². The van der Waals surface area contributed by atoms with E-state index in [1.54, 1.807) is 60.7 Å². The molecule has 69 heavy (non-hydrogen) atoms. The second kappa shape index (κ2) is 24.7. The summed E-state index contributed by atoms with van der Waals surface area (Å²) in [5.74, 6) is -0.724. The van der Waals surface area contributed by atoms with Crippen LogP contribution >= 0.6 is 0 Å². The standard InChI is InChI=1S/2C20H12O5.C6H7NO4.C2H4O2.C2H2.HNS/c2*21-11-24-17-4-2-1-3-14(17)20-15-7-5-12(22)9-18(15)25-19-10-13(23)6-8-16(19)20;1-4(8)11-7-5(9)2-3-6(7)10;1-2(3)4;2*1-2/h2*1-11,22H;2-3H2,1H3;1H3,(H,3,4);1-2H;1H/i;;;;1D;. The highest BCUT2D eigenvalue weighted by molar-refractivity contribution is 7.45. The molecule has 0 bridgehead atoms. The number of ether oxygens (including phenoxy) is 2. The van der Waals surface area contributed by atoms with Crippen LogP contribution in [-0.4, -0.2) is 57.1 Å². The van der Waals surface area contributed by atoms with Crippen LogP contribution in [0.25, 0.3) is 66.8 Å². The first kappa shape index (κ1) is 50.5. The average Bonchev–Trinajstić information content (AvgIpc) is 3.63. The predicted octanol–water partition coefficient (Wildman–Crippen LogP) is 7.86. The molecule has 18 nitrogen and oxygen atoms in total. The smallest absolute Gasteiger partial charge is 0.330 e. The summed E-state index contributed by atoms with van der Waals surface area (Å²) < 4.78 is 32.9. The normalized spacial score (nSPS) is 11.2. The number of phenolic OH excluding ortho intramolecular Hbond substituents is 2. The maximum Gasteiger partial charge on any atom is 0.330 e. The zero-order chi connectivity index (χ0) is 51.5. The number of nitrogens with zero attached hydrogens (tertiary/aromatic N) is 1. The highest BCUT2D eigenvalue weighted by Gasteiger charge is 2.32. The summed E-state index contributed by atoms with van der Waals surface area (Å²) >= 11 is 3.33. The average molecular weight is 956 g/mol. The largest absolute Gasteiger partial charge is 0.508 e. The molecule has 3 heterocycles. The van der Waals surface area contributed by atoms with Crippen molar-refractivity contribution in [2.24, 2.45) is 0 Å². The number of hydrogen-bond donors (Lipinski definition) is 4. The molecule has 9 rings (SSSR count). The van der Waals surface area contributed by atoms with Gasteiger partial charge in [-0.05, 0) is 60.7 Å². The molecule has 0 spiro atoms. The molecule has 0 radical (unpaired) electrons. The fraction of sp³-hybridized carbons (Fsp3) is 0.0800. The number of terminal acetylenes is 1. The predicted molar refractivity (Wildman–Crippen MR) is 252 cm³/mol. The van der Waals surface area contributed by atoms with Crippen molar-refractivity contribution < 1.29 is 68.6 Å². The number of hydrogen-bond acceptors (Lipinski definition) is 17. The number of carbonyl (C=O) groups excluding carboxylic acids is 5. The lowest BCUT2D eigenvalue weighted by Gasteiger charge is -2.16. The molecule has 4 N–H and O–H groups in total. The van der Waals surface area contributed by atoms with Gasteiger partial charge in [-0.15, -0.1) is 17.9 Å². The molecule has 0 unspecified atom stereocenters. The molecule has 4 aromatic rings. The maximum absolute atomic E-state index is 11.7. The van der Waals surface area contributed by atoms with E-state index in [0.29, 0.717) is 74.4 Å². The summed E-state index contributed by atoms with van der Waals surface area (Å²) in [6.07, 6.45) is 6.03. The zero-order valence-electron chi connectivity index (χ0n) is 37.2. The number of phenols is 2. The molecule has 1 fully saturated rings. The Bertz CT molecular complexity index is 3110. The number of benzene rings is 6. The number of para-hydroxylation sites is 2. The van der Waals surface area contributed by atoms with Crippen LogP contribution in [0.4, 0.5) is 0 Å². The summed E-state index contributed by atoms with van der Waals surface area (Å²) in [5.41, 5.74) is 4.79. The Hall–Kier alpha value is -9.54. The van der Waals surface area contributed by atoms with E-state index in [9.17, 15) is 43.8 Å². The number of amides is 2. The zero-order valence-corrected chi connectivity index (χ0v) is 37.0. The molecule has 2 amide bonds. The molecule has 1 saturated heterocycles. The van der Waals surface area contributed by atoms with Crippen molar-refractivity contribution in [3.05, 3.63) is 142 Å². The number of carboxylic acid groups (broad SMARTS) is 1. The lowest BCUT2D eigenvalue weighted by atomic mass is 9.93. The number of aliphatic carboxylic acids is 1. The Kier molecular flexibility index (Phi) is 18.0. The fourth-order valence-electron chi connectivity index (χ4n) is 6.74. The minimum absolute atomic E-state index is 0.0530. The van der Waals surface area contributed by atoms with E-state index in [1.807, 2.05) is 24.3 Å². The van der Waals surface area contributed by atoms with Gasteiger partial charge in [-0.1, -0.05) is 36.4 Å². The monoisotopic (exact) mass is 955 g/mol. The van der Waals surface area contributed by atoms with E-state index in [1.165, 1.54) is 42.8 Å². The van der Waals surface area contributed by atoms with Crippen LogP contribution in [0.5, 0.6) is 23.0 Å². The van der Waals surface area contributed by atoms with Crippen LogP contribution in [0.3, 0.4) is 0 Å². The van der Waals surface area contributed by atoms with Crippen molar-refractivity contribution in [3.63, 3.8) is 0 Å². The highest BCUT2D eigenvalue weighted by Crippen LogP contribution is 2.45. The van der Waals surface area contributed by atoms with E-state index in [0.717, 1.165) is 35.7 Å². The Morgan fingerprint density at radius 1 is 0.652 bits per heavy atom.